The fourth-order valence-corrected chi connectivity index (χ4v) is 3.69. The number of aromatic amines is 1. The van der Waals surface area contributed by atoms with Crippen LogP contribution >= 0.6 is 11.8 Å². The summed E-state index contributed by atoms with van der Waals surface area (Å²) in [4.78, 5) is 26.2. The van der Waals surface area contributed by atoms with Crippen LogP contribution in [-0.2, 0) is 0 Å². The van der Waals surface area contributed by atoms with Crippen molar-refractivity contribution in [2.24, 2.45) is 0 Å². The Bertz CT molecular complexity index is 583. The molecular weight excluding hydrogens is 276 g/mol. The van der Waals surface area contributed by atoms with Crippen LogP contribution < -0.4 is 11.2 Å². The summed E-state index contributed by atoms with van der Waals surface area (Å²) in [6.07, 6.45) is 5.90. The van der Waals surface area contributed by atoms with Crippen LogP contribution in [0, 0.1) is 0 Å². The van der Waals surface area contributed by atoms with Crippen LogP contribution in [0.2, 0.25) is 0 Å². The van der Waals surface area contributed by atoms with Crippen molar-refractivity contribution < 1.29 is 5.11 Å². The highest BCUT2D eigenvalue weighted by Crippen LogP contribution is 2.35. The minimum atomic E-state index is -0.496. The number of aromatic nitrogens is 2. The number of nitrogens with zero attached hydrogens (tertiary/aromatic N) is 1. The van der Waals surface area contributed by atoms with Gasteiger partial charge in [-0.25, -0.2) is 4.79 Å². The first-order chi connectivity index (χ1) is 9.45. The van der Waals surface area contributed by atoms with E-state index in [1.54, 1.807) is 0 Å². The number of thioether (sulfide) groups is 1. The molecule has 0 unspecified atom stereocenters. The number of H-pyrrole nitrogens is 1. The standard InChI is InChI=1S/C14H22N2O3S/c1-8(2)11-12(17)15-14(19)16(13(11)18)9-4-6-10(20-3)7-5-9/h8-10,18H,4-7H2,1-3H3,(H,15,17,19). The van der Waals surface area contributed by atoms with Gasteiger partial charge in [0.15, 0.2) is 0 Å². The Labute approximate surface area is 122 Å². The highest BCUT2D eigenvalue weighted by atomic mass is 32.2. The number of nitrogens with one attached hydrogen (secondary N) is 1. The molecule has 0 radical (unpaired) electrons. The van der Waals surface area contributed by atoms with Gasteiger partial charge in [0, 0.05) is 11.3 Å². The van der Waals surface area contributed by atoms with Crippen molar-refractivity contribution in [1.29, 1.82) is 0 Å². The quantitative estimate of drug-likeness (QED) is 0.897. The number of rotatable bonds is 3. The van der Waals surface area contributed by atoms with Crippen LogP contribution in [0.25, 0.3) is 0 Å². The van der Waals surface area contributed by atoms with E-state index < -0.39 is 11.2 Å². The Morgan fingerprint density at radius 3 is 2.35 bits per heavy atom. The maximum Gasteiger partial charge on any atom is 0.331 e. The van der Waals surface area contributed by atoms with Crippen LogP contribution in [0.5, 0.6) is 5.88 Å². The molecule has 2 N–H and O–H groups in total. The molecule has 0 spiro atoms. The zero-order valence-electron chi connectivity index (χ0n) is 12.2. The van der Waals surface area contributed by atoms with Crippen LogP contribution in [0.3, 0.4) is 0 Å². The average Bonchev–Trinajstić information content (AvgIpc) is 2.38. The Morgan fingerprint density at radius 1 is 1.25 bits per heavy atom. The third-order valence-electron chi connectivity index (χ3n) is 4.07. The number of hydrogen-bond acceptors (Lipinski definition) is 4. The Hall–Kier alpha value is -1.17. The van der Waals surface area contributed by atoms with Crippen molar-refractivity contribution >= 4 is 11.8 Å². The second kappa shape index (κ2) is 6.08. The highest BCUT2D eigenvalue weighted by molar-refractivity contribution is 7.99. The Kier molecular flexibility index (Phi) is 4.62. The molecule has 1 saturated carbocycles. The first kappa shape index (κ1) is 15.2. The molecule has 0 bridgehead atoms. The summed E-state index contributed by atoms with van der Waals surface area (Å²) < 4.78 is 1.38. The Balaban J connectivity index is 2.40. The molecule has 1 aliphatic rings. The van der Waals surface area contributed by atoms with Gasteiger partial charge >= 0.3 is 5.69 Å². The van der Waals surface area contributed by atoms with Crippen molar-refractivity contribution in [3.63, 3.8) is 0 Å². The summed E-state index contributed by atoms with van der Waals surface area (Å²) >= 11 is 1.85. The summed E-state index contributed by atoms with van der Waals surface area (Å²) in [7, 11) is 0. The minimum Gasteiger partial charge on any atom is -0.494 e. The lowest BCUT2D eigenvalue weighted by Crippen LogP contribution is -2.36. The second-order valence-electron chi connectivity index (χ2n) is 5.69. The zero-order chi connectivity index (χ0) is 14.9. The maximum atomic E-state index is 12.0. The Morgan fingerprint density at radius 2 is 1.85 bits per heavy atom. The van der Waals surface area contributed by atoms with Gasteiger partial charge in [-0.1, -0.05) is 13.8 Å². The molecule has 6 heteroatoms. The predicted molar refractivity (Wildman–Crippen MR) is 81.9 cm³/mol. The van der Waals surface area contributed by atoms with Crippen molar-refractivity contribution in [3.05, 3.63) is 26.4 Å². The molecule has 0 aliphatic heterocycles. The van der Waals surface area contributed by atoms with E-state index >= 15 is 0 Å². The lowest BCUT2D eigenvalue weighted by Gasteiger charge is -2.29. The summed E-state index contributed by atoms with van der Waals surface area (Å²) in [6, 6.07) is -0.0137. The molecule has 0 atom stereocenters. The molecule has 0 saturated heterocycles. The SMILES string of the molecule is CSC1CCC(n2c(O)c(C(C)C)c(=O)[nH]c2=O)CC1. The summed E-state index contributed by atoms with van der Waals surface area (Å²) in [5.41, 5.74) is -0.669. The molecule has 112 valence electrons. The van der Waals surface area contributed by atoms with E-state index in [1.165, 1.54) is 4.57 Å². The van der Waals surface area contributed by atoms with E-state index in [0.29, 0.717) is 10.8 Å². The van der Waals surface area contributed by atoms with E-state index in [1.807, 2.05) is 25.6 Å². The zero-order valence-corrected chi connectivity index (χ0v) is 13.0. The van der Waals surface area contributed by atoms with Gasteiger partial charge in [-0.3, -0.25) is 14.3 Å². The summed E-state index contributed by atoms with van der Waals surface area (Å²) in [5, 5.41) is 11.0. The van der Waals surface area contributed by atoms with Crippen LogP contribution in [0.1, 0.15) is 57.1 Å². The van der Waals surface area contributed by atoms with E-state index in [4.69, 9.17) is 0 Å². The van der Waals surface area contributed by atoms with Gasteiger partial charge in [0.05, 0.1) is 5.56 Å². The first-order valence-corrected chi connectivity index (χ1v) is 8.35. The van der Waals surface area contributed by atoms with Crippen molar-refractivity contribution in [1.82, 2.24) is 9.55 Å². The molecule has 0 aromatic carbocycles. The third-order valence-corrected chi connectivity index (χ3v) is 5.21. The van der Waals surface area contributed by atoms with Crippen molar-refractivity contribution in [3.8, 4) is 5.88 Å². The van der Waals surface area contributed by atoms with Crippen LogP contribution in [-0.4, -0.2) is 26.2 Å². The molecular formula is C14H22N2O3S. The van der Waals surface area contributed by atoms with Gasteiger partial charge in [0.25, 0.3) is 5.56 Å². The van der Waals surface area contributed by atoms with E-state index in [9.17, 15) is 14.7 Å². The lowest BCUT2D eigenvalue weighted by atomic mass is 9.94. The summed E-state index contributed by atoms with van der Waals surface area (Å²) in [5.74, 6) is -0.269. The van der Waals surface area contributed by atoms with Crippen molar-refractivity contribution in [2.45, 2.75) is 56.7 Å². The van der Waals surface area contributed by atoms with E-state index in [2.05, 4.69) is 11.2 Å². The smallest absolute Gasteiger partial charge is 0.331 e. The average molecular weight is 298 g/mol. The van der Waals surface area contributed by atoms with Crippen LogP contribution in [0.15, 0.2) is 9.59 Å². The van der Waals surface area contributed by atoms with Crippen molar-refractivity contribution in [2.75, 3.05) is 6.26 Å². The van der Waals surface area contributed by atoms with Gasteiger partial charge in [0.2, 0.25) is 5.88 Å². The fourth-order valence-electron chi connectivity index (χ4n) is 2.95. The van der Waals surface area contributed by atoms with Gasteiger partial charge in [-0.05, 0) is 37.9 Å². The monoisotopic (exact) mass is 298 g/mol. The first-order valence-electron chi connectivity index (χ1n) is 7.06. The third kappa shape index (κ3) is 2.80. The van der Waals surface area contributed by atoms with Gasteiger partial charge in [0.1, 0.15) is 0 Å². The molecule has 1 heterocycles. The largest absolute Gasteiger partial charge is 0.494 e. The molecule has 0 amide bonds. The topological polar surface area (TPSA) is 75.1 Å². The van der Waals surface area contributed by atoms with Crippen LogP contribution in [0.4, 0.5) is 0 Å². The molecule has 1 fully saturated rings. The summed E-state index contributed by atoms with van der Waals surface area (Å²) in [6.45, 7) is 3.67. The second-order valence-corrected chi connectivity index (χ2v) is 6.83. The van der Waals surface area contributed by atoms with Gasteiger partial charge in [-0.15, -0.1) is 0 Å². The van der Waals surface area contributed by atoms with E-state index in [-0.39, 0.29) is 17.8 Å². The molecule has 2 rings (SSSR count). The lowest BCUT2D eigenvalue weighted by molar-refractivity contribution is 0.298. The molecule has 1 aliphatic carbocycles. The fraction of sp³-hybridized carbons (Fsp3) is 0.714. The normalized spacial score (nSPS) is 23.2. The number of aromatic hydroxyl groups is 1. The molecule has 1 aromatic rings. The maximum absolute atomic E-state index is 12.0. The number of hydrogen-bond donors (Lipinski definition) is 2. The van der Waals surface area contributed by atoms with Gasteiger partial charge < -0.3 is 5.11 Å². The minimum absolute atomic E-state index is 0.0137. The van der Waals surface area contributed by atoms with Gasteiger partial charge in [-0.2, -0.15) is 11.8 Å². The molecule has 1 aromatic heterocycles. The molecule has 20 heavy (non-hydrogen) atoms. The molecule has 5 nitrogen and oxygen atoms in total. The van der Waals surface area contributed by atoms with E-state index in [0.717, 1.165) is 25.7 Å². The predicted octanol–water partition coefficient (Wildman–Crippen LogP) is 2.21. The highest BCUT2D eigenvalue weighted by Gasteiger charge is 2.26.